The monoisotopic (exact) mass is 1010 g/mol. The first-order chi connectivity index (χ1) is 38.5. The van der Waals surface area contributed by atoms with Crippen LogP contribution in [0, 0.1) is 13.8 Å². The molecule has 0 aromatic heterocycles. The Balaban J connectivity index is 1.08. The van der Waals surface area contributed by atoms with Crippen LogP contribution in [0.3, 0.4) is 0 Å². The van der Waals surface area contributed by atoms with Crippen molar-refractivity contribution in [3.63, 3.8) is 0 Å². The minimum absolute atomic E-state index is 1.04. The molecule has 0 radical (unpaired) electrons. The standard InChI is InChI=1S/C78H74/c1-5-7-9-11-13-15-29-55-51-75(71-49-47-69(61-35-21-23-37-63(61)71)67-45-43-53(3)57-31-17-19-33-59(57)67)65-39-25-27-41-73(65)77(55)78-56(30-16-14-12-10-8-6-2)52-76(66-40-26-28-42-74(66)78)72-50-48-70(62-36-22-24-38-64(62)72)68-46-44-54(4)58-32-18-20-34-60(58)68/h17-28,31-52H,5-16,29-30H2,1-4H3. The Morgan fingerprint density at radius 1 is 0.218 bits per heavy atom. The highest BCUT2D eigenvalue weighted by Gasteiger charge is 2.24. The fourth-order valence-corrected chi connectivity index (χ4v) is 13.4. The summed E-state index contributed by atoms with van der Waals surface area (Å²) in [4.78, 5) is 0. The topological polar surface area (TPSA) is 0 Å². The van der Waals surface area contributed by atoms with Crippen molar-refractivity contribution in [2.45, 2.75) is 118 Å². The van der Waals surface area contributed by atoms with Crippen molar-refractivity contribution in [1.29, 1.82) is 0 Å². The van der Waals surface area contributed by atoms with E-state index in [0.717, 1.165) is 12.8 Å². The smallest absolute Gasteiger partial charge is 0.00639 e. The summed E-state index contributed by atoms with van der Waals surface area (Å²) in [6.07, 6.45) is 17.3. The summed E-state index contributed by atoms with van der Waals surface area (Å²) < 4.78 is 0. The zero-order valence-corrected chi connectivity index (χ0v) is 46.5. The summed E-state index contributed by atoms with van der Waals surface area (Å²) >= 11 is 0. The minimum Gasteiger partial charge on any atom is -0.0654 e. The van der Waals surface area contributed by atoms with Gasteiger partial charge in [-0.3, -0.25) is 0 Å². The van der Waals surface area contributed by atoms with E-state index in [0.29, 0.717) is 0 Å². The number of benzene rings is 12. The van der Waals surface area contributed by atoms with E-state index in [4.69, 9.17) is 0 Å². The van der Waals surface area contributed by atoms with Gasteiger partial charge in [-0.1, -0.05) is 272 Å². The molecule has 0 nitrogen and oxygen atoms in total. The first-order valence-corrected chi connectivity index (χ1v) is 29.6. The molecule has 0 saturated heterocycles. The summed E-state index contributed by atoms with van der Waals surface area (Å²) in [5, 5.41) is 15.8. The van der Waals surface area contributed by atoms with Crippen molar-refractivity contribution in [3.05, 3.63) is 229 Å². The van der Waals surface area contributed by atoms with Crippen LogP contribution in [0.2, 0.25) is 0 Å². The van der Waals surface area contributed by atoms with Crippen molar-refractivity contribution in [1.82, 2.24) is 0 Å². The second-order valence-electron chi connectivity index (χ2n) is 22.4. The Morgan fingerprint density at radius 2 is 0.449 bits per heavy atom. The molecule has 12 rings (SSSR count). The molecule has 0 spiro atoms. The normalized spacial score (nSPS) is 11.8. The fraction of sp³-hybridized carbons (Fsp3) is 0.231. The average Bonchev–Trinajstić information content (AvgIpc) is 3.67. The van der Waals surface area contributed by atoms with E-state index in [2.05, 4.69) is 234 Å². The van der Waals surface area contributed by atoms with Gasteiger partial charge in [-0.2, -0.15) is 0 Å². The molecular formula is C78H74. The zero-order valence-electron chi connectivity index (χ0n) is 46.5. The maximum absolute atomic E-state index is 2.64. The average molecular weight is 1010 g/mol. The fourth-order valence-electron chi connectivity index (χ4n) is 13.4. The predicted octanol–water partition coefficient (Wildman–Crippen LogP) is 23.4. The summed E-state index contributed by atoms with van der Waals surface area (Å²) in [7, 11) is 0. The van der Waals surface area contributed by atoms with Crippen molar-refractivity contribution >= 4 is 64.6 Å². The molecule has 386 valence electrons. The Labute approximate surface area is 463 Å². The molecule has 0 amide bonds. The van der Waals surface area contributed by atoms with Crippen LogP contribution in [-0.2, 0) is 12.8 Å². The van der Waals surface area contributed by atoms with Gasteiger partial charge in [0.15, 0.2) is 0 Å². The quantitative estimate of drug-likeness (QED) is 0.0708. The lowest BCUT2D eigenvalue weighted by Crippen LogP contribution is -2.01. The van der Waals surface area contributed by atoms with E-state index >= 15 is 0 Å². The molecule has 0 aliphatic carbocycles. The van der Waals surface area contributed by atoms with Gasteiger partial charge in [-0.15, -0.1) is 0 Å². The van der Waals surface area contributed by atoms with E-state index < -0.39 is 0 Å². The van der Waals surface area contributed by atoms with Crippen LogP contribution in [0.25, 0.3) is 120 Å². The Morgan fingerprint density at radius 3 is 0.769 bits per heavy atom. The van der Waals surface area contributed by atoms with Gasteiger partial charge in [0.2, 0.25) is 0 Å². The molecule has 78 heavy (non-hydrogen) atoms. The molecular weight excluding hydrogens is 937 g/mol. The highest BCUT2D eigenvalue weighted by atomic mass is 14.3. The van der Waals surface area contributed by atoms with E-state index in [1.807, 2.05) is 0 Å². The number of rotatable bonds is 19. The molecule has 0 N–H and O–H groups in total. The van der Waals surface area contributed by atoms with Gasteiger partial charge < -0.3 is 0 Å². The Hall–Kier alpha value is -7.80. The highest BCUT2D eigenvalue weighted by molar-refractivity contribution is 6.19. The van der Waals surface area contributed by atoms with Gasteiger partial charge in [-0.25, -0.2) is 0 Å². The predicted molar refractivity (Wildman–Crippen MR) is 342 cm³/mol. The van der Waals surface area contributed by atoms with Gasteiger partial charge in [-0.05, 0) is 194 Å². The highest BCUT2D eigenvalue weighted by Crippen LogP contribution is 2.49. The van der Waals surface area contributed by atoms with Crippen LogP contribution in [0.1, 0.15) is 113 Å². The number of hydrogen-bond donors (Lipinski definition) is 0. The molecule has 0 saturated carbocycles. The van der Waals surface area contributed by atoms with Gasteiger partial charge in [0.05, 0.1) is 0 Å². The molecule has 0 atom stereocenters. The summed E-state index contributed by atoms with van der Waals surface area (Å²) in [6, 6.07) is 79.3. The third kappa shape index (κ3) is 9.70. The van der Waals surface area contributed by atoms with Crippen LogP contribution in [0.5, 0.6) is 0 Å². The summed E-state index contributed by atoms with van der Waals surface area (Å²) in [6.45, 7) is 9.11. The molecule has 0 aliphatic heterocycles. The van der Waals surface area contributed by atoms with E-state index in [1.54, 1.807) is 0 Å². The van der Waals surface area contributed by atoms with Crippen LogP contribution in [-0.4, -0.2) is 0 Å². The first kappa shape index (κ1) is 51.0. The molecule has 0 unspecified atom stereocenters. The molecule has 12 aromatic carbocycles. The zero-order chi connectivity index (χ0) is 53.0. The largest absolute Gasteiger partial charge is 0.0654 e. The summed E-state index contributed by atoms with van der Waals surface area (Å²) in [5.74, 6) is 0. The molecule has 0 heterocycles. The Bertz CT molecular complexity index is 3880. The second-order valence-corrected chi connectivity index (χ2v) is 22.4. The lowest BCUT2D eigenvalue weighted by Gasteiger charge is -2.24. The van der Waals surface area contributed by atoms with Gasteiger partial charge in [0.25, 0.3) is 0 Å². The maximum atomic E-state index is 2.64. The van der Waals surface area contributed by atoms with Crippen molar-refractivity contribution < 1.29 is 0 Å². The molecule has 0 aliphatic rings. The molecule has 0 bridgehead atoms. The Kier molecular flexibility index (Phi) is 15.1. The third-order valence-corrected chi connectivity index (χ3v) is 17.4. The van der Waals surface area contributed by atoms with Gasteiger partial charge in [0.1, 0.15) is 0 Å². The molecule has 12 aromatic rings. The number of hydrogen-bond acceptors (Lipinski definition) is 0. The lowest BCUT2D eigenvalue weighted by atomic mass is 9.79. The van der Waals surface area contributed by atoms with Crippen LogP contribution in [0.4, 0.5) is 0 Å². The van der Waals surface area contributed by atoms with E-state index in [9.17, 15) is 0 Å². The first-order valence-electron chi connectivity index (χ1n) is 29.6. The number of unbranched alkanes of at least 4 members (excludes halogenated alkanes) is 10. The number of aryl methyl sites for hydroxylation is 4. The van der Waals surface area contributed by atoms with Crippen molar-refractivity contribution in [3.8, 4) is 55.6 Å². The lowest BCUT2D eigenvalue weighted by molar-refractivity contribution is 0.607. The van der Waals surface area contributed by atoms with Crippen molar-refractivity contribution in [2.24, 2.45) is 0 Å². The maximum Gasteiger partial charge on any atom is -0.00639 e. The number of fused-ring (bicyclic) bond motifs is 6. The van der Waals surface area contributed by atoms with Crippen LogP contribution < -0.4 is 0 Å². The van der Waals surface area contributed by atoms with Gasteiger partial charge >= 0.3 is 0 Å². The molecule has 0 heteroatoms. The van der Waals surface area contributed by atoms with E-state index in [1.165, 1.54) is 220 Å². The molecule has 0 fully saturated rings. The second kappa shape index (κ2) is 23.0. The summed E-state index contributed by atoms with van der Waals surface area (Å²) in [5.41, 5.74) is 18.9. The van der Waals surface area contributed by atoms with Crippen LogP contribution >= 0.6 is 0 Å². The minimum atomic E-state index is 1.04. The van der Waals surface area contributed by atoms with Crippen molar-refractivity contribution in [2.75, 3.05) is 0 Å². The van der Waals surface area contributed by atoms with E-state index in [-0.39, 0.29) is 0 Å². The third-order valence-electron chi connectivity index (χ3n) is 17.4. The van der Waals surface area contributed by atoms with Crippen LogP contribution in [0.15, 0.2) is 206 Å². The SMILES string of the molecule is CCCCCCCCc1cc(-c2ccc(-c3ccc(C)c4ccccc34)c3ccccc23)c2ccccc2c1-c1c(CCCCCCCC)cc(-c2ccc(-c3ccc(C)c4ccccc34)c3ccccc23)c2ccccc12. The van der Waals surface area contributed by atoms with Gasteiger partial charge in [0, 0.05) is 0 Å².